The second-order valence-electron chi connectivity index (χ2n) is 5.88. The summed E-state index contributed by atoms with van der Waals surface area (Å²) >= 11 is 0. The van der Waals surface area contributed by atoms with Crippen LogP contribution in [-0.2, 0) is 11.3 Å². The number of aromatic nitrogens is 1. The molecule has 0 saturated heterocycles. The van der Waals surface area contributed by atoms with Gasteiger partial charge < -0.3 is 4.74 Å². The molecule has 0 fully saturated rings. The Morgan fingerprint density at radius 3 is 2.86 bits per heavy atom. The van der Waals surface area contributed by atoms with Gasteiger partial charge in [-0.3, -0.25) is 9.69 Å². The first kappa shape index (κ1) is 15.0. The van der Waals surface area contributed by atoms with Crippen molar-refractivity contribution >= 4 is 12.4 Å². The van der Waals surface area contributed by atoms with E-state index in [2.05, 4.69) is 11.1 Å². The highest BCUT2D eigenvalue weighted by molar-refractivity contribution is 5.73. The van der Waals surface area contributed by atoms with Gasteiger partial charge in [0, 0.05) is 0 Å². The zero-order chi connectivity index (χ0) is 15.6. The summed E-state index contributed by atoms with van der Waals surface area (Å²) in [7, 11) is 0. The molecule has 1 unspecified atom stereocenters. The zero-order valence-corrected chi connectivity index (χ0v) is 12.3. The van der Waals surface area contributed by atoms with Gasteiger partial charge in [-0.15, -0.1) is 0 Å². The minimum Gasteiger partial charge on any atom is -0.444 e. The lowest BCUT2D eigenvalue weighted by molar-refractivity contribution is 0.0174. The number of pyridine rings is 1. The standard InChI is InChI=1S/C15H17N3O3/c1-15(2,3)21-14(20)18-8-12-11(13(18)6-7-16)5-4-10(9-19)17-12/h4-5,9,13H,6,8H2,1-3H3. The largest absolute Gasteiger partial charge is 0.444 e. The van der Waals surface area contributed by atoms with E-state index in [1.165, 1.54) is 4.90 Å². The molecule has 1 aromatic heterocycles. The van der Waals surface area contributed by atoms with Crippen molar-refractivity contribution in [2.75, 3.05) is 0 Å². The Balaban J connectivity index is 2.30. The van der Waals surface area contributed by atoms with Crippen LogP contribution >= 0.6 is 0 Å². The van der Waals surface area contributed by atoms with E-state index < -0.39 is 11.7 Å². The Kier molecular flexibility index (Phi) is 3.94. The molecule has 0 radical (unpaired) electrons. The summed E-state index contributed by atoms with van der Waals surface area (Å²) < 4.78 is 5.37. The maximum Gasteiger partial charge on any atom is 0.411 e. The number of fused-ring (bicyclic) bond motifs is 1. The van der Waals surface area contributed by atoms with Gasteiger partial charge in [-0.25, -0.2) is 9.78 Å². The Bertz CT molecular complexity index is 614. The molecule has 0 aliphatic carbocycles. The van der Waals surface area contributed by atoms with Gasteiger partial charge in [-0.2, -0.15) is 5.26 Å². The number of nitriles is 1. The van der Waals surface area contributed by atoms with E-state index in [1.54, 1.807) is 32.9 Å². The number of carbonyl (C=O) groups is 2. The fourth-order valence-corrected chi connectivity index (χ4v) is 2.28. The quantitative estimate of drug-likeness (QED) is 0.781. The Morgan fingerprint density at radius 2 is 2.29 bits per heavy atom. The van der Waals surface area contributed by atoms with Crippen LogP contribution in [-0.4, -0.2) is 27.9 Å². The van der Waals surface area contributed by atoms with Crippen molar-refractivity contribution in [1.82, 2.24) is 9.88 Å². The Hall–Kier alpha value is -2.42. The molecule has 2 rings (SSSR count). The second kappa shape index (κ2) is 5.52. The first-order chi connectivity index (χ1) is 9.85. The van der Waals surface area contributed by atoms with Crippen LogP contribution in [0.25, 0.3) is 0 Å². The van der Waals surface area contributed by atoms with Gasteiger partial charge in [0.15, 0.2) is 6.29 Å². The average molecular weight is 287 g/mol. The summed E-state index contributed by atoms with van der Waals surface area (Å²) in [5.74, 6) is 0. The summed E-state index contributed by atoms with van der Waals surface area (Å²) in [6.45, 7) is 5.61. The number of hydrogen-bond donors (Lipinski definition) is 0. The van der Waals surface area contributed by atoms with Crippen molar-refractivity contribution in [3.05, 3.63) is 29.1 Å². The van der Waals surface area contributed by atoms with Gasteiger partial charge in [0.05, 0.1) is 30.8 Å². The Labute approximate surface area is 123 Å². The van der Waals surface area contributed by atoms with Gasteiger partial charge in [0.1, 0.15) is 11.3 Å². The number of rotatable bonds is 2. The van der Waals surface area contributed by atoms with Crippen LogP contribution in [0.3, 0.4) is 0 Å². The second-order valence-corrected chi connectivity index (χ2v) is 5.88. The van der Waals surface area contributed by atoms with E-state index in [4.69, 9.17) is 10.00 Å². The third kappa shape index (κ3) is 3.19. The number of aldehydes is 1. The van der Waals surface area contributed by atoms with Gasteiger partial charge in [0.2, 0.25) is 0 Å². The average Bonchev–Trinajstić information content (AvgIpc) is 2.75. The zero-order valence-electron chi connectivity index (χ0n) is 12.3. The topological polar surface area (TPSA) is 83.3 Å². The lowest BCUT2D eigenvalue weighted by Gasteiger charge is -2.27. The summed E-state index contributed by atoms with van der Waals surface area (Å²) in [4.78, 5) is 28.8. The molecule has 1 aliphatic rings. The van der Waals surface area contributed by atoms with Crippen LogP contribution in [0.2, 0.25) is 0 Å². The lowest BCUT2D eigenvalue weighted by atomic mass is 10.1. The highest BCUT2D eigenvalue weighted by atomic mass is 16.6. The fraction of sp³-hybridized carbons (Fsp3) is 0.467. The molecule has 0 aromatic carbocycles. The summed E-state index contributed by atoms with van der Waals surface area (Å²) in [5.41, 5.74) is 1.15. The molecular weight excluding hydrogens is 270 g/mol. The minimum atomic E-state index is -0.607. The smallest absolute Gasteiger partial charge is 0.411 e. The molecule has 0 spiro atoms. The maximum atomic E-state index is 12.3. The van der Waals surface area contributed by atoms with Crippen LogP contribution in [0.4, 0.5) is 4.79 Å². The molecule has 0 bridgehead atoms. The normalized spacial score (nSPS) is 17.0. The predicted molar refractivity (Wildman–Crippen MR) is 74.4 cm³/mol. The van der Waals surface area contributed by atoms with Gasteiger partial charge in [0.25, 0.3) is 0 Å². The molecular formula is C15H17N3O3. The van der Waals surface area contributed by atoms with Gasteiger partial charge in [-0.1, -0.05) is 6.07 Å². The third-order valence-electron chi connectivity index (χ3n) is 3.12. The molecule has 1 aliphatic heterocycles. The van der Waals surface area contributed by atoms with Crippen LogP contribution in [0.1, 0.15) is 55.0 Å². The van der Waals surface area contributed by atoms with Crippen LogP contribution in [0, 0.1) is 11.3 Å². The molecule has 1 aromatic rings. The predicted octanol–water partition coefficient (Wildman–Crippen LogP) is 2.60. The van der Waals surface area contributed by atoms with E-state index in [0.29, 0.717) is 17.7 Å². The van der Waals surface area contributed by atoms with Gasteiger partial charge >= 0.3 is 6.09 Å². The summed E-state index contributed by atoms with van der Waals surface area (Å²) in [5, 5.41) is 8.98. The number of carbonyl (C=O) groups excluding carboxylic acids is 2. The summed E-state index contributed by atoms with van der Waals surface area (Å²) in [6, 6.07) is 5.04. The van der Waals surface area contributed by atoms with Crippen molar-refractivity contribution in [2.45, 2.75) is 45.4 Å². The number of nitrogens with zero attached hydrogens (tertiary/aromatic N) is 3. The first-order valence-electron chi connectivity index (χ1n) is 6.67. The van der Waals surface area contributed by atoms with Crippen molar-refractivity contribution in [3.63, 3.8) is 0 Å². The number of hydrogen-bond acceptors (Lipinski definition) is 5. The molecule has 1 amide bonds. The molecule has 6 nitrogen and oxygen atoms in total. The van der Waals surface area contributed by atoms with Crippen molar-refractivity contribution < 1.29 is 14.3 Å². The molecule has 1 atom stereocenters. The van der Waals surface area contributed by atoms with Gasteiger partial charge in [-0.05, 0) is 32.4 Å². The highest BCUT2D eigenvalue weighted by Crippen LogP contribution is 2.35. The fourth-order valence-electron chi connectivity index (χ4n) is 2.28. The summed E-state index contributed by atoms with van der Waals surface area (Å²) in [6.07, 6.45) is 0.345. The number of amides is 1. The highest BCUT2D eigenvalue weighted by Gasteiger charge is 2.36. The third-order valence-corrected chi connectivity index (χ3v) is 3.12. The van der Waals surface area contributed by atoms with E-state index in [-0.39, 0.29) is 19.0 Å². The molecule has 0 N–H and O–H groups in total. The lowest BCUT2D eigenvalue weighted by Crippen LogP contribution is -2.35. The van der Waals surface area contributed by atoms with Crippen molar-refractivity contribution in [3.8, 4) is 6.07 Å². The Morgan fingerprint density at radius 1 is 1.57 bits per heavy atom. The molecule has 2 heterocycles. The SMILES string of the molecule is CC(C)(C)OC(=O)N1Cc2nc(C=O)ccc2C1CC#N. The molecule has 110 valence electrons. The van der Waals surface area contributed by atoms with E-state index in [0.717, 1.165) is 5.56 Å². The van der Waals surface area contributed by atoms with Crippen LogP contribution in [0.5, 0.6) is 0 Å². The monoisotopic (exact) mass is 287 g/mol. The van der Waals surface area contributed by atoms with E-state index >= 15 is 0 Å². The van der Waals surface area contributed by atoms with E-state index in [9.17, 15) is 9.59 Å². The minimum absolute atomic E-state index is 0.161. The first-order valence-corrected chi connectivity index (χ1v) is 6.67. The van der Waals surface area contributed by atoms with Crippen LogP contribution in [0.15, 0.2) is 12.1 Å². The molecule has 6 heteroatoms. The molecule has 21 heavy (non-hydrogen) atoms. The van der Waals surface area contributed by atoms with E-state index in [1.807, 2.05) is 0 Å². The number of ether oxygens (including phenoxy) is 1. The maximum absolute atomic E-state index is 12.3. The van der Waals surface area contributed by atoms with Crippen molar-refractivity contribution in [2.24, 2.45) is 0 Å². The molecule has 0 saturated carbocycles. The van der Waals surface area contributed by atoms with Crippen molar-refractivity contribution in [1.29, 1.82) is 5.26 Å². The van der Waals surface area contributed by atoms with Crippen LogP contribution < -0.4 is 0 Å².